The standard InChI is InChI=1S/C6H14NO2P/c1-2-3-4-10(9)6(8)5-7/h9H,2-5,7H2,1H3. The monoisotopic (exact) mass is 163 g/mol. The number of nitrogens with two attached hydrogens (primary N) is 1. The molecule has 0 fully saturated rings. The third-order valence-electron chi connectivity index (χ3n) is 1.19. The number of carbonyl (C=O) groups excluding carboxylic acids is 1. The molecule has 3 N–H and O–H groups in total. The predicted octanol–water partition coefficient (Wildman–Crippen LogP) is 0.661. The lowest BCUT2D eigenvalue weighted by Crippen LogP contribution is -2.12. The van der Waals surface area contributed by atoms with Gasteiger partial charge in [-0.3, -0.25) is 4.79 Å². The number of rotatable bonds is 5. The molecule has 4 heteroatoms. The molecule has 10 heavy (non-hydrogen) atoms. The van der Waals surface area contributed by atoms with Crippen molar-refractivity contribution < 1.29 is 9.69 Å². The molecule has 1 unspecified atom stereocenters. The van der Waals surface area contributed by atoms with Gasteiger partial charge in [0.15, 0.2) is 5.52 Å². The summed E-state index contributed by atoms with van der Waals surface area (Å²) < 4.78 is 0. The highest BCUT2D eigenvalue weighted by Gasteiger charge is 2.11. The van der Waals surface area contributed by atoms with E-state index in [1.165, 1.54) is 0 Å². The summed E-state index contributed by atoms with van der Waals surface area (Å²) in [5.74, 6) is 0. The fraction of sp³-hybridized carbons (Fsp3) is 0.833. The smallest absolute Gasteiger partial charge is 0.194 e. The highest BCUT2D eigenvalue weighted by Crippen LogP contribution is 2.31. The third kappa shape index (κ3) is 3.94. The van der Waals surface area contributed by atoms with E-state index in [2.05, 4.69) is 0 Å². The lowest BCUT2D eigenvalue weighted by atomic mass is 10.4. The third-order valence-corrected chi connectivity index (χ3v) is 2.68. The van der Waals surface area contributed by atoms with Crippen LogP contribution >= 0.6 is 8.15 Å². The fourth-order valence-electron chi connectivity index (χ4n) is 0.538. The van der Waals surface area contributed by atoms with E-state index in [1.54, 1.807) is 0 Å². The molecule has 60 valence electrons. The molecule has 0 aliphatic heterocycles. The normalized spacial score (nSPS) is 13.1. The number of carbonyl (C=O) groups is 1. The van der Waals surface area contributed by atoms with Gasteiger partial charge >= 0.3 is 0 Å². The highest BCUT2D eigenvalue weighted by molar-refractivity contribution is 7.69. The molecule has 0 spiro atoms. The zero-order valence-electron chi connectivity index (χ0n) is 6.21. The van der Waals surface area contributed by atoms with E-state index < -0.39 is 8.15 Å². The summed E-state index contributed by atoms with van der Waals surface area (Å²) in [6.45, 7) is 2.00. The maximum atomic E-state index is 10.7. The molecule has 0 heterocycles. The maximum absolute atomic E-state index is 10.7. The lowest BCUT2D eigenvalue weighted by molar-refractivity contribution is -0.110. The summed E-state index contributed by atoms with van der Waals surface area (Å²) in [4.78, 5) is 19.8. The van der Waals surface area contributed by atoms with Crippen molar-refractivity contribution in [3.63, 3.8) is 0 Å². The summed E-state index contributed by atoms with van der Waals surface area (Å²) in [6, 6.07) is 0. The van der Waals surface area contributed by atoms with E-state index in [-0.39, 0.29) is 12.1 Å². The zero-order valence-corrected chi connectivity index (χ0v) is 7.10. The molecular formula is C6H14NO2P. The Morgan fingerprint density at radius 1 is 1.70 bits per heavy atom. The van der Waals surface area contributed by atoms with E-state index in [1.807, 2.05) is 6.92 Å². The molecule has 0 radical (unpaired) electrons. The average molecular weight is 163 g/mol. The van der Waals surface area contributed by atoms with Crippen molar-refractivity contribution in [2.45, 2.75) is 19.8 Å². The second-order valence-corrected chi connectivity index (χ2v) is 3.82. The average Bonchev–Trinajstić information content (AvgIpc) is 1.98. The summed E-state index contributed by atoms with van der Waals surface area (Å²) in [7, 11) is -1.41. The highest BCUT2D eigenvalue weighted by atomic mass is 31.1. The van der Waals surface area contributed by atoms with Gasteiger partial charge in [0, 0.05) is 0 Å². The molecule has 0 bridgehead atoms. The molecule has 1 atom stereocenters. The van der Waals surface area contributed by atoms with Gasteiger partial charge in [-0.2, -0.15) is 0 Å². The van der Waals surface area contributed by atoms with Crippen LogP contribution in [0.2, 0.25) is 0 Å². The number of unbranched alkanes of at least 4 members (excludes halogenated alkanes) is 1. The molecule has 0 aliphatic rings. The van der Waals surface area contributed by atoms with E-state index in [0.717, 1.165) is 12.8 Å². The van der Waals surface area contributed by atoms with Gasteiger partial charge in [0.1, 0.15) is 0 Å². The first-order chi connectivity index (χ1) is 4.72. The van der Waals surface area contributed by atoms with Crippen LogP contribution in [0.25, 0.3) is 0 Å². The topological polar surface area (TPSA) is 63.3 Å². The van der Waals surface area contributed by atoms with E-state index in [4.69, 9.17) is 10.6 Å². The van der Waals surface area contributed by atoms with Gasteiger partial charge in [-0.15, -0.1) is 0 Å². The molecule has 0 saturated carbocycles. The van der Waals surface area contributed by atoms with Crippen LogP contribution in [0.3, 0.4) is 0 Å². The molecular weight excluding hydrogens is 149 g/mol. The Kier molecular flexibility index (Phi) is 5.79. The molecule has 0 saturated heterocycles. The molecule has 0 aromatic heterocycles. The number of hydrogen-bond donors (Lipinski definition) is 2. The molecule has 3 nitrogen and oxygen atoms in total. The minimum atomic E-state index is -1.41. The van der Waals surface area contributed by atoms with Crippen LogP contribution in [0.1, 0.15) is 19.8 Å². The Morgan fingerprint density at radius 3 is 2.70 bits per heavy atom. The van der Waals surface area contributed by atoms with Crippen LogP contribution in [0.4, 0.5) is 0 Å². The minimum absolute atomic E-state index is 0.0219. The Morgan fingerprint density at radius 2 is 2.30 bits per heavy atom. The van der Waals surface area contributed by atoms with E-state index in [9.17, 15) is 4.79 Å². The number of hydrogen-bond acceptors (Lipinski definition) is 3. The van der Waals surface area contributed by atoms with Gasteiger partial charge in [0.05, 0.1) is 14.7 Å². The van der Waals surface area contributed by atoms with Crippen LogP contribution in [-0.2, 0) is 4.79 Å². The summed E-state index contributed by atoms with van der Waals surface area (Å²) in [5.41, 5.74) is 4.86. The van der Waals surface area contributed by atoms with Gasteiger partial charge in [0.25, 0.3) is 0 Å². The first-order valence-electron chi connectivity index (χ1n) is 3.41. The first-order valence-corrected chi connectivity index (χ1v) is 4.89. The van der Waals surface area contributed by atoms with Crippen molar-refractivity contribution in [2.75, 3.05) is 12.7 Å². The zero-order chi connectivity index (χ0) is 7.98. The van der Waals surface area contributed by atoms with Crippen LogP contribution in [0.15, 0.2) is 0 Å². The van der Waals surface area contributed by atoms with Crippen LogP contribution in [0.5, 0.6) is 0 Å². The van der Waals surface area contributed by atoms with Crippen LogP contribution in [-0.4, -0.2) is 23.1 Å². The van der Waals surface area contributed by atoms with Crippen LogP contribution in [0, 0.1) is 0 Å². The van der Waals surface area contributed by atoms with Gasteiger partial charge in [-0.05, 0) is 12.6 Å². The lowest BCUT2D eigenvalue weighted by Gasteiger charge is -2.04. The van der Waals surface area contributed by atoms with Gasteiger partial charge in [-0.1, -0.05) is 13.3 Å². The maximum Gasteiger partial charge on any atom is 0.194 e. The Hall–Kier alpha value is 0.0200. The summed E-state index contributed by atoms with van der Waals surface area (Å²) >= 11 is 0. The molecule has 0 aliphatic carbocycles. The molecule has 0 amide bonds. The van der Waals surface area contributed by atoms with Crippen molar-refractivity contribution in [3.05, 3.63) is 0 Å². The van der Waals surface area contributed by atoms with Crippen molar-refractivity contribution in [3.8, 4) is 0 Å². The molecule has 0 rings (SSSR count). The quantitative estimate of drug-likeness (QED) is 0.585. The Labute approximate surface area is 62.4 Å². The van der Waals surface area contributed by atoms with Crippen molar-refractivity contribution >= 4 is 13.7 Å². The van der Waals surface area contributed by atoms with Gasteiger partial charge < -0.3 is 10.6 Å². The predicted molar refractivity (Wildman–Crippen MR) is 43.0 cm³/mol. The Balaban J connectivity index is 3.41. The summed E-state index contributed by atoms with van der Waals surface area (Å²) in [6.07, 6.45) is 2.53. The second kappa shape index (κ2) is 5.78. The Bertz CT molecular complexity index is 108. The SMILES string of the molecule is CCCCP(O)C(=O)CN. The van der Waals surface area contributed by atoms with Gasteiger partial charge in [0.2, 0.25) is 0 Å². The first kappa shape index (κ1) is 10.0. The van der Waals surface area contributed by atoms with Gasteiger partial charge in [-0.25, -0.2) is 0 Å². The minimum Gasteiger partial charge on any atom is -0.366 e. The largest absolute Gasteiger partial charge is 0.366 e. The second-order valence-electron chi connectivity index (χ2n) is 2.07. The van der Waals surface area contributed by atoms with Crippen molar-refractivity contribution in [1.29, 1.82) is 0 Å². The summed E-state index contributed by atoms with van der Waals surface area (Å²) in [5, 5.41) is 0. The fourth-order valence-corrected chi connectivity index (χ4v) is 1.61. The molecule has 0 aromatic carbocycles. The van der Waals surface area contributed by atoms with Crippen LogP contribution < -0.4 is 5.73 Å². The molecule has 0 aromatic rings. The van der Waals surface area contributed by atoms with Crippen molar-refractivity contribution in [1.82, 2.24) is 0 Å². The van der Waals surface area contributed by atoms with E-state index >= 15 is 0 Å². The van der Waals surface area contributed by atoms with Crippen molar-refractivity contribution in [2.24, 2.45) is 5.73 Å². The van der Waals surface area contributed by atoms with E-state index in [0.29, 0.717) is 6.16 Å².